The minimum absolute atomic E-state index is 0.210. The zero-order chi connectivity index (χ0) is 12.2. The second-order valence-corrected chi connectivity index (χ2v) is 5.04. The summed E-state index contributed by atoms with van der Waals surface area (Å²) in [6.45, 7) is 8.79. The first-order chi connectivity index (χ1) is 7.52. The van der Waals surface area contributed by atoms with Gasteiger partial charge in [-0.2, -0.15) is 0 Å². The largest absolute Gasteiger partial charge is 0.321 e. The van der Waals surface area contributed by atoms with Gasteiger partial charge in [-0.25, -0.2) is 0 Å². The predicted octanol–water partition coefficient (Wildman–Crippen LogP) is 3.86. The van der Waals surface area contributed by atoms with Crippen LogP contribution in [0.5, 0.6) is 0 Å². The number of aryl methyl sites for hydroxylation is 1. The van der Waals surface area contributed by atoms with Gasteiger partial charge in [0, 0.05) is 5.54 Å². The predicted molar refractivity (Wildman–Crippen MR) is 71.4 cm³/mol. The van der Waals surface area contributed by atoms with Crippen molar-refractivity contribution in [3.63, 3.8) is 0 Å². The summed E-state index contributed by atoms with van der Waals surface area (Å²) in [6.07, 6.45) is 3.45. The van der Waals surface area contributed by atoms with E-state index < -0.39 is 0 Å². The first-order valence-corrected chi connectivity index (χ1v) is 6.40. The van der Waals surface area contributed by atoms with Gasteiger partial charge < -0.3 is 5.73 Å². The van der Waals surface area contributed by atoms with Crippen LogP contribution < -0.4 is 5.73 Å². The van der Waals surface area contributed by atoms with E-state index in [0.717, 1.165) is 12.8 Å². The first kappa shape index (κ1) is 13.2. The van der Waals surface area contributed by atoms with Crippen molar-refractivity contribution < 1.29 is 0 Å². The van der Waals surface area contributed by atoms with Crippen LogP contribution in [0.1, 0.15) is 51.7 Å². The summed E-state index contributed by atoms with van der Waals surface area (Å²) in [7, 11) is 0. The molecule has 1 nitrogen and oxygen atoms in total. The molecule has 16 heavy (non-hydrogen) atoms. The Hall–Kier alpha value is -0.820. The lowest BCUT2D eigenvalue weighted by molar-refractivity contribution is 0.316. The Kier molecular flexibility index (Phi) is 4.55. The standard InChI is InChI=1S/C15H25N/c1-5-8-13-9-7-10-14(11-13)15(4,16)12(3)6-2/h7,9-12H,5-6,8,16H2,1-4H3. The summed E-state index contributed by atoms with van der Waals surface area (Å²) in [4.78, 5) is 0. The molecule has 0 saturated carbocycles. The van der Waals surface area contributed by atoms with Crippen molar-refractivity contribution in [2.24, 2.45) is 11.7 Å². The third-order valence-electron chi connectivity index (χ3n) is 3.72. The molecule has 2 atom stereocenters. The molecule has 0 bridgehead atoms. The van der Waals surface area contributed by atoms with Crippen LogP contribution in [0.25, 0.3) is 0 Å². The lowest BCUT2D eigenvalue weighted by Gasteiger charge is -2.32. The van der Waals surface area contributed by atoms with E-state index in [4.69, 9.17) is 5.73 Å². The zero-order valence-electron chi connectivity index (χ0n) is 11.1. The van der Waals surface area contributed by atoms with E-state index in [0.29, 0.717) is 5.92 Å². The van der Waals surface area contributed by atoms with Crippen molar-refractivity contribution >= 4 is 0 Å². The highest BCUT2D eigenvalue weighted by atomic mass is 14.7. The van der Waals surface area contributed by atoms with Crippen LogP contribution in [0.15, 0.2) is 24.3 Å². The molecular weight excluding hydrogens is 194 g/mol. The average molecular weight is 219 g/mol. The maximum Gasteiger partial charge on any atom is 0.0406 e. The molecule has 0 heterocycles. The maximum absolute atomic E-state index is 6.46. The second kappa shape index (κ2) is 5.49. The quantitative estimate of drug-likeness (QED) is 0.799. The number of rotatable bonds is 5. The first-order valence-electron chi connectivity index (χ1n) is 6.40. The summed E-state index contributed by atoms with van der Waals surface area (Å²) in [5.74, 6) is 0.504. The normalized spacial score (nSPS) is 16.8. The molecule has 1 rings (SSSR count). The lowest BCUT2D eigenvalue weighted by Crippen LogP contribution is -2.39. The Morgan fingerprint density at radius 2 is 2.00 bits per heavy atom. The topological polar surface area (TPSA) is 26.0 Å². The average Bonchev–Trinajstić information content (AvgIpc) is 2.28. The van der Waals surface area contributed by atoms with Gasteiger partial charge in [0.25, 0.3) is 0 Å². The highest BCUT2D eigenvalue weighted by Gasteiger charge is 2.27. The van der Waals surface area contributed by atoms with Crippen LogP contribution in [0.3, 0.4) is 0 Å². The van der Waals surface area contributed by atoms with Crippen molar-refractivity contribution in [3.8, 4) is 0 Å². The SMILES string of the molecule is CCCc1cccc(C(C)(N)C(C)CC)c1. The molecule has 1 aromatic rings. The fourth-order valence-corrected chi connectivity index (χ4v) is 2.06. The van der Waals surface area contributed by atoms with Crippen LogP contribution in [-0.2, 0) is 12.0 Å². The molecule has 1 aromatic carbocycles. The van der Waals surface area contributed by atoms with Gasteiger partial charge in [-0.05, 0) is 30.4 Å². The molecule has 2 N–H and O–H groups in total. The molecule has 0 aliphatic carbocycles. The Morgan fingerprint density at radius 3 is 2.56 bits per heavy atom. The Bertz CT molecular complexity index is 328. The monoisotopic (exact) mass is 219 g/mol. The zero-order valence-corrected chi connectivity index (χ0v) is 11.1. The second-order valence-electron chi connectivity index (χ2n) is 5.04. The van der Waals surface area contributed by atoms with Gasteiger partial charge in [0.1, 0.15) is 0 Å². The Morgan fingerprint density at radius 1 is 1.31 bits per heavy atom. The van der Waals surface area contributed by atoms with Gasteiger partial charge in [0.05, 0.1) is 0 Å². The molecule has 0 aliphatic heterocycles. The summed E-state index contributed by atoms with van der Waals surface area (Å²) in [6, 6.07) is 8.76. The van der Waals surface area contributed by atoms with Gasteiger partial charge in [0.2, 0.25) is 0 Å². The summed E-state index contributed by atoms with van der Waals surface area (Å²) in [5, 5.41) is 0. The molecule has 0 aliphatic rings. The smallest absolute Gasteiger partial charge is 0.0406 e. The molecule has 0 aromatic heterocycles. The molecule has 0 radical (unpaired) electrons. The van der Waals surface area contributed by atoms with E-state index in [-0.39, 0.29) is 5.54 Å². The van der Waals surface area contributed by atoms with Crippen LogP contribution in [0.2, 0.25) is 0 Å². The fourth-order valence-electron chi connectivity index (χ4n) is 2.06. The number of hydrogen-bond donors (Lipinski definition) is 1. The van der Waals surface area contributed by atoms with E-state index in [1.54, 1.807) is 0 Å². The third kappa shape index (κ3) is 2.85. The fraction of sp³-hybridized carbons (Fsp3) is 0.600. The van der Waals surface area contributed by atoms with Crippen LogP contribution >= 0.6 is 0 Å². The minimum atomic E-state index is -0.210. The number of nitrogens with two attached hydrogens (primary N) is 1. The highest BCUT2D eigenvalue weighted by Crippen LogP contribution is 2.29. The van der Waals surface area contributed by atoms with E-state index in [2.05, 4.69) is 52.0 Å². The molecule has 0 amide bonds. The van der Waals surface area contributed by atoms with E-state index in [1.165, 1.54) is 17.5 Å². The molecule has 2 unspecified atom stereocenters. The molecular formula is C15H25N. The molecule has 0 spiro atoms. The molecule has 1 heteroatoms. The van der Waals surface area contributed by atoms with E-state index in [9.17, 15) is 0 Å². The lowest BCUT2D eigenvalue weighted by atomic mass is 9.79. The molecule has 90 valence electrons. The minimum Gasteiger partial charge on any atom is -0.321 e. The molecule has 0 saturated heterocycles. The van der Waals surface area contributed by atoms with Crippen LogP contribution in [-0.4, -0.2) is 0 Å². The Labute approximate surface area is 100 Å². The number of benzene rings is 1. The number of hydrogen-bond acceptors (Lipinski definition) is 1. The Balaban J connectivity index is 2.98. The van der Waals surface area contributed by atoms with Crippen LogP contribution in [0.4, 0.5) is 0 Å². The van der Waals surface area contributed by atoms with Gasteiger partial charge in [-0.15, -0.1) is 0 Å². The van der Waals surface area contributed by atoms with Crippen molar-refractivity contribution in [2.75, 3.05) is 0 Å². The van der Waals surface area contributed by atoms with Crippen LogP contribution in [0, 0.1) is 5.92 Å². The van der Waals surface area contributed by atoms with Crippen molar-refractivity contribution in [1.29, 1.82) is 0 Å². The molecule has 0 fully saturated rings. The van der Waals surface area contributed by atoms with Gasteiger partial charge in [-0.1, -0.05) is 57.9 Å². The highest BCUT2D eigenvalue weighted by molar-refractivity contribution is 5.29. The third-order valence-corrected chi connectivity index (χ3v) is 3.72. The van der Waals surface area contributed by atoms with Crippen molar-refractivity contribution in [2.45, 2.75) is 52.5 Å². The summed E-state index contributed by atoms with van der Waals surface area (Å²) < 4.78 is 0. The van der Waals surface area contributed by atoms with E-state index >= 15 is 0 Å². The van der Waals surface area contributed by atoms with Gasteiger partial charge in [0.15, 0.2) is 0 Å². The van der Waals surface area contributed by atoms with Gasteiger partial charge in [-0.3, -0.25) is 0 Å². The summed E-state index contributed by atoms with van der Waals surface area (Å²) in [5.41, 5.74) is 8.92. The van der Waals surface area contributed by atoms with Gasteiger partial charge >= 0.3 is 0 Å². The summed E-state index contributed by atoms with van der Waals surface area (Å²) >= 11 is 0. The van der Waals surface area contributed by atoms with E-state index in [1.807, 2.05) is 0 Å². The van der Waals surface area contributed by atoms with Crippen molar-refractivity contribution in [1.82, 2.24) is 0 Å². The maximum atomic E-state index is 6.46. The van der Waals surface area contributed by atoms with Crippen molar-refractivity contribution in [3.05, 3.63) is 35.4 Å².